The number of para-hydroxylation sites is 1. The molecule has 0 aliphatic carbocycles. The zero-order valence-corrected chi connectivity index (χ0v) is 18.1. The van der Waals surface area contributed by atoms with Crippen molar-refractivity contribution in [3.05, 3.63) is 65.2 Å². The number of hydrogen-bond acceptors (Lipinski definition) is 4. The van der Waals surface area contributed by atoms with Crippen molar-refractivity contribution >= 4 is 27.5 Å². The maximum atomic E-state index is 13.0. The van der Waals surface area contributed by atoms with Gasteiger partial charge in [-0.25, -0.2) is 4.98 Å². The summed E-state index contributed by atoms with van der Waals surface area (Å²) in [6.45, 7) is 4.63. The quantitative estimate of drug-likeness (QED) is 0.599. The van der Waals surface area contributed by atoms with Gasteiger partial charge in [-0.2, -0.15) is 0 Å². The van der Waals surface area contributed by atoms with E-state index in [2.05, 4.69) is 53.2 Å². The van der Waals surface area contributed by atoms with Crippen molar-refractivity contribution in [3.63, 3.8) is 0 Å². The molecule has 4 rings (SSSR count). The molecule has 3 aromatic rings. The first-order valence-corrected chi connectivity index (χ1v) is 11.3. The van der Waals surface area contributed by atoms with Crippen molar-refractivity contribution in [2.45, 2.75) is 38.8 Å². The molecule has 1 saturated heterocycles. The molecule has 0 bridgehead atoms. The lowest BCUT2D eigenvalue weighted by molar-refractivity contribution is -0.136. The molecule has 0 spiro atoms. The highest BCUT2D eigenvalue weighted by atomic mass is 32.1. The number of fused-ring (bicyclic) bond motifs is 1. The first-order valence-electron chi connectivity index (χ1n) is 10.5. The van der Waals surface area contributed by atoms with Gasteiger partial charge in [-0.05, 0) is 62.9 Å². The molecule has 1 amide bonds. The van der Waals surface area contributed by atoms with E-state index in [-0.39, 0.29) is 11.9 Å². The van der Waals surface area contributed by atoms with Crippen LogP contribution in [-0.2, 0) is 17.8 Å². The summed E-state index contributed by atoms with van der Waals surface area (Å²) in [5.74, 6) is 0.905. The number of likely N-dealkylation sites (tertiary alicyclic amines) is 1. The predicted molar refractivity (Wildman–Crippen MR) is 120 cm³/mol. The van der Waals surface area contributed by atoms with E-state index in [1.54, 1.807) is 11.3 Å². The maximum Gasteiger partial charge on any atom is 0.239 e. The Morgan fingerprint density at radius 1 is 1.14 bits per heavy atom. The Morgan fingerprint density at radius 3 is 2.55 bits per heavy atom. The van der Waals surface area contributed by atoms with Gasteiger partial charge in [-0.1, -0.05) is 42.5 Å². The highest BCUT2D eigenvalue weighted by Gasteiger charge is 2.28. The Hall–Kier alpha value is -2.24. The van der Waals surface area contributed by atoms with E-state index in [9.17, 15) is 4.79 Å². The highest BCUT2D eigenvalue weighted by Crippen LogP contribution is 2.25. The van der Waals surface area contributed by atoms with Crippen molar-refractivity contribution in [2.75, 3.05) is 20.1 Å². The van der Waals surface area contributed by atoms with Crippen LogP contribution in [0, 0.1) is 5.92 Å². The van der Waals surface area contributed by atoms with Crippen molar-refractivity contribution in [2.24, 2.45) is 5.92 Å². The monoisotopic (exact) mass is 407 g/mol. The Labute approximate surface area is 177 Å². The van der Waals surface area contributed by atoms with Crippen LogP contribution in [0.1, 0.15) is 30.3 Å². The molecular formula is C24H29N3OS. The van der Waals surface area contributed by atoms with E-state index in [0.717, 1.165) is 48.8 Å². The predicted octanol–water partition coefficient (Wildman–Crippen LogP) is 4.60. The normalized spacial score (nSPS) is 16.8. The average molecular weight is 408 g/mol. The fraction of sp³-hybridized carbons (Fsp3) is 0.417. The summed E-state index contributed by atoms with van der Waals surface area (Å²) in [5.41, 5.74) is 2.44. The Morgan fingerprint density at radius 2 is 1.83 bits per heavy atom. The SMILES string of the molecule is CC(C(=O)N(C)Cc1nc2ccccc2s1)N1CCC(Cc2ccccc2)CC1. The van der Waals surface area contributed by atoms with Crippen molar-refractivity contribution in [1.29, 1.82) is 0 Å². The van der Waals surface area contributed by atoms with Crippen molar-refractivity contribution < 1.29 is 4.79 Å². The molecule has 2 aromatic carbocycles. The number of aromatic nitrogens is 1. The topological polar surface area (TPSA) is 36.4 Å². The third-order valence-electron chi connectivity index (χ3n) is 6.01. The van der Waals surface area contributed by atoms with Crippen LogP contribution in [0.3, 0.4) is 0 Å². The molecule has 4 nitrogen and oxygen atoms in total. The van der Waals surface area contributed by atoms with Gasteiger partial charge in [-0.15, -0.1) is 11.3 Å². The minimum atomic E-state index is -0.0768. The third kappa shape index (κ3) is 4.85. The number of benzene rings is 2. The Bertz CT molecular complexity index is 914. The second kappa shape index (κ2) is 9.06. The second-order valence-corrected chi connectivity index (χ2v) is 9.23. The van der Waals surface area contributed by atoms with Crippen LogP contribution in [0.4, 0.5) is 0 Å². The van der Waals surface area contributed by atoms with Gasteiger partial charge in [0.1, 0.15) is 5.01 Å². The average Bonchev–Trinajstić information content (AvgIpc) is 3.16. The van der Waals surface area contributed by atoms with E-state index in [4.69, 9.17) is 0 Å². The van der Waals surface area contributed by atoms with Crippen LogP contribution >= 0.6 is 11.3 Å². The summed E-state index contributed by atoms with van der Waals surface area (Å²) < 4.78 is 1.18. The molecule has 1 aromatic heterocycles. The minimum absolute atomic E-state index is 0.0768. The van der Waals surface area contributed by atoms with Crippen LogP contribution in [0.15, 0.2) is 54.6 Å². The maximum absolute atomic E-state index is 13.0. The Balaban J connectivity index is 1.29. The van der Waals surface area contributed by atoms with E-state index < -0.39 is 0 Å². The van der Waals surface area contributed by atoms with E-state index in [0.29, 0.717) is 6.54 Å². The van der Waals surface area contributed by atoms with Gasteiger partial charge in [-0.3, -0.25) is 9.69 Å². The van der Waals surface area contributed by atoms with Gasteiger partial charge in [0.25, 0.3) is 0 Å². The lowest BCUT2D eigenvalue weighted by atomic mass is 9.89. The molecule has 0 N–H and O–H groups in total. The van der Waals surface area contributed by atoms with Gasteiger partial charge in [0, 0.05) is 7.05 Å². The van der Waals surface area contributed by atoms with Crippen molar-refractivity contribution in [3.8, 4) is 0 Å². The fourth-order valence-corrected chi connectivity index (χ4v) is 5.26. The van der Waals surface area contributed by atoms with Crippen LogP contribution in [0.25, 0.3) is 10.2 Å². The zero-order valence-electron chi connectivity index (χ0n) is 17.3. The summed E-state index contributed by atoms with van der Waals surface area (Å²) in [5, 5.41) is 0.996. The molecule has 1 fully saturated rings. The molecule has 1 aliphatic heterocycles. The van der Waals surface area contributed by atoms with Crippen LogP contribution in [0.2, 0.25) is 0 Å². The first-order chi connectivity index (χ1) is 14.1. The summed E-state index contributed by atoms with van der Waals surface area (Å²) in [6, 6.07) is 18.8. The van der Waals surface area contributed by atoms with Crippen LogP contribution in [-0.4, -0.2) is 46.9 Å². The number of hydrogen-bond donors (Lipinski definition) is 0. The minimum Gasteiger partial charge on any atom is -0.338 e. The molecular weight excluding hydrogens is 378 g/mol. The van der Waals surface area contributed by atoms with Gasteiger partial charge in [0.2, 0.25) is 5.91 Å². The number of likely N-dealkylation sites (N-methyl/N-ethyl adjacent to an activating group) is 1. The zero-order chi connectivity index (χ0) is 20.2. The first kappa shape index (κ1) is 20.0. The number of thiazole rings is 1. The van der Waals surface area contributed by atoms with Crippen LogP contribution < -0.4 is 0 Å². The number of carbonyl (C=O) groups excluding carboxylic acids is 1. The molecule has 1 unspecified atom stereocenters. The lowest BCUT2D eigenvalue weighted by Crippen LogP contribution is -2.48. The van der Waals surface area contributed by atoms with Gasteiger partial charge < -0.3 is 4.90 Å². The standard InChI is InChI=1S/C24H29N3OS/c1-18(27-14-12-20(13-15-27)16-19-8-4-3-5-9-19)24(28)26(2)17-23-25-21-10-6-7-11-22(21)29-23/h3-11,18,20H,12-17H2,1-2H3. The van der Waals surface area contributed by atoms with E-state index in [1.165, 1.54) is 10.3 Å². The number of rotatable bonds is 6. The van der Waals surface area contributed by atoms with E-state index in [1.807, 2.05) is 30.1 Å². The smallest absolute Gasteiger partial charge is 0.239 e. The van der Waals surface area contributed by atoms with E-state index >= 15 is 0 Å². The largest absolute Gasteiger partial charge is 0.338 e. The molecule has 29 heavy (non-hydrogen) atoms. The molecule has 5 heteroatoms. The molecule has 152 valence electrons. The summed E-state index contributed by atoms with van der Waals surface area (Å²) >= 11 is 1.67. The number of carbonyl (C=O) groups is 1. The fourth-order valence-electron chi connectivity index (χ4n) is 4.24. The number of amides is 1. The van der Waals surface area contributed by atoms with Gasteiger partial charge in [0.05, 0.1) is 22.8 Å². The van der Waals surface area contributed by atoms with Gasteiger partial charge in [0.15, 0.2) is 0 Å². The summed E-state index contributed by atoms with van der Waals surface area (Å²) in [7, 11) is 1.90. The molecule has 1 aliphatic rings. The third-order valence-corrected chi connectivity index (χ3v) is 7.03. The molecule has 1 atom stereocenters. The lowest BCUT2D eigenvalue weighted by Gasteiger charge is -2.36. The number of nitrogens with zero attached hydrogens (tertiary/aromatic N) is 3. The molecule has 0 radical (unpaired) electrons. The highest BCUT2D eigenvalue weighted by molar-refractivity contribution is 7.18. The molecule has 0 saturated carbocycles. The van der Waals surface area contributed by atoms with Gasteiger partial charge >= 0.3 is 0 Å². The summed E-state index contributed by atoms with van der Waals surface area (Å²) in [4.78, 5) is 21.8. The Kier molecular flexibility index (Phi) is 6.26. The second-order valence-electron chi connectivity index (χ2n) is 8.11. The summed E-state index contributed by atoms with van der Waals surface area (Å²) in [6.07, 6.45) is 3.47. The number of piperidine rings is 1. The van der Waals surface area contributed by atoms with Crippen molar-refractivity contribution in [1.82, 2.24) is 14.8 Å². The van der Waals surface area contributed by atoms with Crippen LogP contribution in [0.5, 0.6) is 0 Å². The molecule has 2 heterocycles.